The summed E-state index contributed by atoms with van der Waals surface area (Å²) in [5.74, 6) is -0.916. The van der Waals surface area contributed by atoms with Crippen molar-refractivity contribution in [3.05, 3.63) is 64.7 Å². The van der Waals surface area contributed by atoms with Crippen LogP contribution in [0.25, 0.3) is 0 Å². The van der Waals surface area contributed by atoms with E-state index in [1.165, 1.54) is 10.5 Å². The van der Waals surface area contributed by atoms with Crippen molar-refractivity contribution in [1.29, 1.82) is 0 Å². The highest BCUT2D eigenvalue weighted by Gasteiger charge is 2.45. The first kappa shape index (κ1) is 15.8. The van der Waals surface area contributed by atoms with E-state index in [0.717, 1.165) is 5.56 Å². The van der Waals surface area contributed by atoms with E-state index in [-0.39, 0.29) is 23.7 Å². The van der Waals surface area contributed by atoms with Gasteiger partial charge in [-0.15, -0.1) is 0 Å². The van der Waals surface area contributed by atoms with E-state index in [1.54, 1.807) is 24.3 Å². The summed E-state index contributed by atoms with van der Waals surface area (Å²) in [6, 6.07) is 14.9. The number of hydrogen-bond donors (Lipinski definition) is 0. The maximum atomic E-state index is 12.8. The summed E-state index contributed by atoms with van der Waals surface area (Å²) in [5.41, 5.74) is 2.84. The molecule has 1 aliphatic heterocycles. The average molecular weight is 328 g/mol. The molecule has 2 aromatic rings. The minimum atomic E-state index is -0.320. The van der Waals surface area contributed by atoms with Crippen LogP contribution >= 0.6 is 11.6 Å². The summed E-state index contributed by atoms with van der Waals surface area (Å²) in [6.07, 6.45) is 0.579. The lowest BCUT2D eigenvalue weighted by molar-refractivity contribution is -0.122. The summed E-state index contributed by atoms with van der Waals surface area (Å²) in [7, 11) is 0. The van der Waals surface area contributed by atoms with E-state index in [0.29, 0.717) is 17.1 Å². The minimum Gasteiger partial charge on any atom is -0.274 e. The summed E-state index contributed by atoms with van der Waals surface area (Å²) in [4.78, 5) is 26.6. The first-order chi connectivity index (χ1) is 11.0. The summed E-state index contributed by atoms with van der Waals surface area (Å²) in [6.45, 7) is 3.86. The minimum absolute atomic E-state index is 0.134. The molecule has 1 heterocycles. The molecule has 1 aliphatic rings. The molecule has 0 unspecified atom stereocenters. The van der Waals surface area contributed by atoms with Gasteiger partial charge >= 0.3 is 0 Å². The maximum Gasteiger partial charge on any atom is 0.238 e. The zero-order valence-electron chi connectivity index (χ0n) is 13.1. The monoisotopic (exact) mass is 327 g/mol. The van der Waals surface area contributed by atoms with Gasteiger partial charge in [-0.25, -0.2) is 0 Å². The fraction of sp³-hybridized carbons (Fsp3) is 0.263. The number of carbonyl (C=O) groups excluding carboxylic acids is 2. The number of nitrogens with zero attached hydrogens (tertiary/aromatic N) is 1. The van der Waals surface area contributed by atoms with E-state index in [9.17, 15) is 9.59 Å². The largest absolute Gasteiger partial charge is 0.274 e. The van der Waals surface area contributed by atoms with Crippen molar-refractivity contribution in [3.63, 3.8) is 0 Å². The fourth-order valence-electron chi connectivity index (χ4n) is 2.95. The molecule has 2 atom stereocenters. The quantitative estimate of drug-likeness (QED) is 0.799. The van der Waals surface area contributed by atoms with E-state index in [4.69, 9.17) is 11.6 Å². The first-order valence-corrected chi connectivity index (χ1v) is 8.04. The Bertz CT molecular complexity index is 737. The molecule has 4 heteroatoms. The van der Waals surface area contributed by atoms with Gasteiger partial charge in [0.05, 0.1) is 11.6 Å². The van der Waals surface area contributed by atoms with Gasteiger partial charge in [0.1, 0.15) is 0 Å². The van der Waals surface area contributed by atoms with Crippen molar-refractivity contribution in [2.75, 3.05) is 4.90 Å². The van der Waals surface area contributed by atoms with Crippen molar-refractivity contribution in [3.8, 4) is 0 Å². The molecule has 23 heavy (non-hydrogen) atoms. The molecule has 0 N–H and O–H groups in total. The van der Waals surface area contributed by atoms with Crippen LogP contribution in [0.4, 0.5) is 5.69 Å². The highest BCUT2D eigenvalue weighted by molar-refractivity contribution is 6.30. The molecule has 1 saturated heterocycles. The number of halogens is 1. The third-order valence-electron chi connectivity index (χ3n) is 4.41. The number of benzene rings is 2. The molecule has 3 nitrogen and oxygen atoms in total. The molecule has 0 bridgehead atoms. The number of anilines is 1. The van der Waals surface area contributed by atoms with Gasteiger partial charge in [-0.2, -0.15) is 0 Å². The van der Waals surface area contributed by atoms with Crippen LogP contribution in [0.5, 0.6) is 0 Å². The van der Waals surface area contributed by atoms with Gasteiger partial charge in [-0.1, -0.05) is 48.4 Å². The molecular weight excluding hydrogens is 310 g/mol. The molecule has 0 saturated carbocycles. The summed E-state index contributed by atoms with van der Waals surface area (Å²) < 4.78 is 0. The Morgan fingerprint density at radius 2 is 1.57 bits per heavy atom. The van der Waals surface area contributed by atoms with E-state index < -0.39 is 0 Å². The van der Waals surface area contributed by atoms with Gasteiger partial charge in [0.25, 0.3) is 0 Å². The molecule has 2 amide bonds. The van der Waals surface area contributed by atoms with Crippen LogP contribution in [0.3, 0.4) is 0 Å². The van der Waals surface area contributed by atoms with Crippen LogP contribution in [0.2, 0.25) is 5.02 Å². The van der Waals surface area contributed by atoms with E-state index in [2.05, 4.69) is 0 Å². The third-order valence-corrected chi connectivity index (χ3v) is 4.66. The van der Waals surface area contributed by atoms with Crippen LogP contribution in [0.1, 0.15) is 18.1 Å². The maximum absolute atomic E-state index is 12.8. The Morgan fingerprint density at radius 1 is 0.957 bits per heavy atom. The van der Waals surface area contributed by atoms with Crippen molar-refractivity contribution in [1.82, 2.24) is 0 Å². The number of imide groups is 1. The number of rotatable bonds is 3. The molecule has 118 valence electrons. The Morgan fingerprint density at radius 3 is 2.17 bits per heavy atom. The molecule has 0 aliphatic carbocycles. The molecule has 0 aromatic heterocycles. The van der Waals surface area contributed by atoms with Gasteiger partial charge in [-0.05, 0) is 43.2 Å². The van der Waals surface area contributed by atoms with Gasteiger partial charge in [0.15, 0.2) is 0 Å². The second kappa shape index (κ2) is 6.17. The molecular formula is C19H18ClNO2. The number of aryl methyl sites for hydroxylation is 1. The van der Waals surface area contributed by atoms with Crippen molar-refractivity contribution in [2.24, 2.45) is 11.8 Å². The predicted octanol–water partition coefficient (Wildman–Crippen LogP) is 4.02. The van der Waals surface area contributed by atoms with Gasteiger partial charge in [0.2, 0.25) is 11.8 Å². The average Bonchev–Trinajstić information content (AvgIpc) is 2.74. The fourth-order valence-corrected chi connectivity index (χ4v) is 3.08. The standard InChI is InChI=1S/C19H18ClNO2/c1-12-3-5-14(6-4-12)11-17-13(2)18(22)21(19(17)23)16-9-7-15(20)8-10-16/h3-10,13,17H,11H2,1-2H3/t13-,17+/m1/s1. The number of hydrogen-bond acceptors (Lipinski definition) is 2. The SMILES string of the molecule is Cc1ccc(C[C@@H]2C(=O)N(c3ccc(Cl)cc3)C(=O)[C@@H]2C)cc1. The normalized spacial score (nSPS) is 21.1. The van der Waals surface area contributed by atoms with Crippen molar-refractivity contribution in [2.45, 2.75) is 20.3 Å². The second-order valence-corrected chi connectivity index (χ2v) is 6.51. The topological polar surface area (TPSA) is 37.4 Å². The third kappa shape index (κ3) is 3.02. The highest BCUT2D eigenvalue weighted by Crippen LogP contribution is 2.33. The Kier molecular flexibility index (Phi) is 4.22. The lowest BCUT2D eigenvalue weighted by atomic mass is 9.90. The summed E-state index contributed by atoms with van der Waals surface area (Å²) >= 11 is 5.88. The predicted molar refractivity (Wildman–Crippen MR) is 91.5 cm³/mol. The molecule has 3 rings (SSSR count). The van der Waals surface area contributed by atoms with E-state index in [1.807, 2.05) is 38.1 Å². The highest BCUT2D eigenvalue weighted by atomic mass is 35.5. The van der Waals surface area contributed by atoms with Crippen LogP contribution in [-0.2, 0) is 16.0 Å². The van der Waals surface area contributed by atoms with Gasteiger partial charge in [-0.3, -0.25) is 14.5 Å². The summed E-state index contributed by atoms with van der Waals surface area (Å²) in [5, 5.41) is 0.581. The van der Waals surface area contributed by atoms with Gasteiger partial charge in [0, 0.05) is 10.9 Å². The van der Waals surface area contributed by atoms with Crippen LogP contribution < -0.4 is 4.90 Å². The van der Waals surface area contributed by atoms with E-state index >= 15 is 0 Å². The van der Waals surface area contributed by atoms with Crippen molar-refractivity contribution >= 4 is 29.1 Å². The molecule has 2 aromatic carbocycles. The van der Waals surface area contributed by atoms with Crippen molar-refractivity contribution < 1.29 is 9.59 Å². The lowest BCUT2D eigenvalue weighted by Crippen LogP contribution is -2.31. The zero-order valence-corrected chi connectivity index (χ0v) is 13.9. The van der Waals surface area contributed by atoms with Gasteiger partial charge < -0.3 is 0 Å². The van der Waals surface area contributed by atoms with Crippen LogP contribution in [0, 0.1) is 18.8 Å². The smallest absolute Gasteiger partial charge is 0.238 e. The molecule has 0 radical (unpaired) electrons. The zero-order chi connectivity index (χ0) is 16.6. The Balaban J connectivity index is 1.85. The number of amides is 2. The first-order valence-electron chi connectivity index (χ1n) is 7.66. The lowest BCUT2D eigenvalue weighted by Gasteiger charge is -2.15. The van der Waals surface area contributed by atoms with Crippen LogP contribution in [0.15, 0.2) is 48.5 Å². The Labute approximate surface area is 140 Å². The Hall–Kier alpha value is -2.13. The number of carbonyl (C=O) groups is 2. The van der Waals surface area contributed by atoms with Crippen LogP contribution in [-0.4, -0.2) is 11.8 Å². The second-order valence-electron chi connectivity index (χ2n) is 6.07. The molecule has 1 fully saturated rings. The molecule has 0 spiro atoms.